The zero-order valence-corrected chi connectivity index (χ0v) is 21.3. The number of sulfonamides is 1. The number of carbonyl (C=O) groups excluding carboxylic acids is 1. The van der Waals surface area contributed by atoms with Crippen molar-refractivity contribution >= 4 is 21.9 Å². The fraction of sp³-hybridized carbons (Fsp3) is 0.538. The van der Waals surface area contributed by atoms with E-state index in [4.69, 9.17) is 4.74 Å². The standard InChI is InChI=1S/C26H35N3O4S/c1-19-11-14-22(15-12-19)34(31,32)28-17-7-10-23(28)20-13-16-24(27-18-20)29(21-8-5-6-9-21)25(30)33-26(2,3)4/h11-16,18,21,23H,5-10,17H2,1-4H3/t23-/m0/s1. The molecule has 1 aromatic carbocycles. The van der Waals surface area contributed by atoms with Gasteiger partial charge in [-0.1, -0.05) is 36.6 Å². The second kappa shape index (κ2) is 9.66. The minimum absolute atomic E-state index is 0.0677. The molecule has 1 atom stereocenters. The molecule has 1 aliphatic heterocycles. The summed E-state index contributed by atoms with van der Waals surface area (Å²) < 4.78 is 33.9. The van der Waals surface area contributed by atoms with Crippen molar-refractivity contribution in [2.75, 3.05) is 11.4 Å². The lowest BCUT2D eigenvalue weighted by atomic mass is 10.1. The van der Waals surface area contributed by atoms with Gasteiger partial charge in [0.05, 0.1) is 10.9 Å². The molecule has 2 aliphatic rings. The zero-order chi connectivity index (χ0) is 24.5. The van der Waals surface area contributed by atoms with Crippen LogP contribution in [0, 0.1) is 6.92 Å². The maximum absolute atomic E-state index is 13.3. The molecule has 2 heterocycles. The molecule has 184 valence electrons. The number of hydrogen-bond acceptors (Lipinski definition) is 5. The first kappa shape index (κ1) is 24.7. The Labute approximate surface area is 203 Å². The summed E-state index contributed by atoms with van der Waals surface area (Å²) in [5.41, 5.74) is 1.27. The molecular weight excluding hydrogens is 450 g/mol. The molecule has 2 aromatic rings. The van der Waals surface area contributed by atoms with Gasteiger partial charge in [-0.3, -0.25) is 4.90 Å². The van der Waals surface area contributed by atoms with E-state index in [1.165, 1.54) is 0 Å². The van der Waals surface area contributed by atoms with Crippen molar-refractivity contribution in [3.63, 3.8) is 0 Å². The van der Waals surface area contributed by atoms with Crippen LogP contribution >= 0.6 is 0 Å². The Kier molecular flexibility index (Phi) is 7.01. The van der Waals surface area contributed by atoms with Gasteiger partial charge in [0.2, 0.25) is 10.0 Å². The van der Waals surface area contributed by atoms with Crippen LogP contribution in [0.15, 0.2) is 47.5 Å². The van der Waals surface area contributed by atoms with Crippen molar-refractivity contribution in [3.05, 3.63) is 53.7 Å². The van der Waals surface area contributed by atoms with Gasteiger partial charge in [-0.05, 0) is 77.1 Å². The van der Waals surface area contributed by atoms with E-state index in [-0.39, 0.29) is 18.2 Å². The number of ether oxygens (including phenoxy) is 1. The van der Waals surface area contributed by atoms with Gasteiger partial charge in [0.15, 0.2) is 0 Å². The summed E-state index contributed by atoms with van der Waals surface area (Å²) in [5.74, 6) is 0.552. The topological polar surface area (TPSA) is 79.8 Å². The average molecular weight is 486 g/mol. The molecule has 1 amide bonds. The first-order chi connectivity index (χ1) is 16.1. The molecule has 0 unspecified atom stereocenters. The molecule has 0 radical (unpaired) electrons. The summed E-state index contributed by atoms with van der Waals surface area (Å²) in [4.78, 5) is 19.6. The fourth-order valence-electron chi connectivity index (χ4n) is 4.85. The molecule has 0 N–H and O–H groups in total. The molecule has 34 heavy (non-hydrogen) atoms. The monoisotopic (exact) mass is 485 g/mol. The molecule has 1 aromatic heterocycles. The predicted octanol–water partition coefficient (Wildman–Crippen LogP) is 5.60. The molecule has 7 nitrogen and oxygen atoms in total. The number of rotatable bonds is 5. The summed E-state index contributed by atoms with van der Waals surface area (Å²) in [7, 11) is -3.61. The van der Waals surface area contributed by atoms with Crippen LogP contribution in [0.3, 0.4) is 0 Å². The number of amides is 1. The number of anilines is 1. The van der Waals surface area contributed by atoms with Gasteiger partial charge in [-0.25, -0.2) is 18.2 Å². The largest absolute Gasteiger partial charge is 0.443 e. The van der Waals surface area contributed by atoms with Gasteiger partial charge in [0, 0.05) is 18.8 Å². The van der Waals surface area contributed by atoms with E-state index in [0.717, 1.165) is 49.7 Å². The van der Waals surface area contributed by atoms with Crippen LogP contribution < -0.4 is 4.90 Å². The van der Waals surface area contributed by atoms with Gasteiger partial charge >= 0.3 is 6.09 Å². The lowest BCUT2D eigenvalue weighted by molar-refractivity contribution is 0.0564. The number of hydrogen-bond donors (Lipinski definition) is 0. The number of pyridine rings is 1. The molecule has 0 bridgehead atoms. The third-order valence-electron chi connectivity index (χ3n) is 6.51. The van der Waals surface area contributed by atoms with E-state index in [2.05, 4.69) is 4.98 Å². The Morgan fingerprint density at radius 1 is 1.03 bits per heavy atom. The molecule has 4 rings (SSSR count). The highest BCUT2D eigenvalue weighted by Gasteiger charge is 2.37. The Balaban J connectivity index is 1.59. The summed E-state index contributed by atoms with van der Waals surface area (Å²) >= 11 is 0. The van der Waals surface area contributed by atoms with E-state index in [1.807, 2.05) is 52.0 Å². The molecular formula is C26H35N3O4S. The van der Waals surface area contributed by atoms with E-state index >= 15 is 0 Å². The van der Waals surface area contributed by atoms with Crippen LogP contribution in [-0.4, -0.2) is 42.0 Å². The van der Waals surface area contributed by atoms with Crippen molar-refractivity contribution in [1.29, 1.82) is 0 Å². The molecule has 1 aliphatic carbocycles. The Bertz CT molecular complexity index is 1100. The minimum Gasteiger partial charge on any atom is -0.443 e. The molecule has 8 heteroatoms. The Hall–Kier alpha value is -2.45. The van der Waals surface area contributed by atoms with Crippen LogP contribution in [0.5, 0.6) is 0 Å². The number of aryl methyl sites for hydroxylation is 1. The summed E-state index contributed by atoms with van der Waals surface area (Å²) in [6.07, 6.45) is 6.88. The first-order valence-corrected chi connectivity index (χ1v) is 13.6. The highest BCUT2D eigenvalue weighted by atomic mass is 32.2. The molecule has 0 spiro atoms. The second-order valence-corrected chi connectivity index (χ2v) is 12.2. The van der Waals surface area contributed by atoms with E-state index < -0.39 is 15.6 Å². The summed E-state index contributed by atoms with van der Waals surface area (Å²) in [5, 5.41) is 0. The number of carbonyl (C=O) groups is 1. The van der Waals surface area contributed by atoms with E-state index in [0.29, 0.717) is 17.3 Å². The minimum atomic E-state index is -3.61. The van der Waals surface area contributed by atoms with Gasteiger partial charge in [-0.2, -0.15) is 4.31 Å². The van der Waals surface area contributed by atoms with Crippen LogP contribution in [-0.2, 0) is 14.8 Å². The summed E-state index contributed by atoms with van der Waals surface area (Å²) in [6, 6.07) is 10.5. The first-order valence-electron chi connectivity index (χ1n) is 12.1. The highest BCUT2D eigenvalue weighted by molar-refractivity contribution is 7.89. The van der Waals surface area contributed by atoms with Crippen molar-refractivity contribution < 1.29 is 17.9 Å². The average Bonchev–Trinajstić information content (AvgIpc) is 3.46. The number of nitrogens with zero attached hydrogens (tertiary/aromatic N) is 3. The summed E-state index contributed by atoms with van der Waals surface area (Å²) in [6.45, 7) is 8.00. The van der Waals surface area contributed by atoms with Crippen LogP contribution in [0.1, 0.15) is 76.5 Å². The molecule has 2 fully saturated rings. The van der Waals surface area contributed by atoms with E-state index in [9.17, 15) is 13.2 Å². The van der Waals surface area contributed by atoms with E-state index in [1.54, 1.807) is 27.5 Å². The SMILES string of the molecule is Cc1ccc(S(=O)(=O)N2CCC[C@H]2c2ccc(N(C(=O)OC(C)(C)C)C3CCCC3)nc2)cc1. The highest BCUT2D eigenvalue weighted by Crippen LogP contribution is 2.37. The lowest BCUT2D eigenvalue weighted by Crippen LogP contribution is -2.43. The predicted molar refractivity (Wildman–Crippen MR) is 132 cm³/mol. The smallest absolute Gasteiger partial charge is 0.416 e. The van der Waals surface area contributed by atoms with Crippen molar-refractivity contribution in [2.24, 2.45) is 0 Å². The third-order valence-corrected chi connectivity index (χ3v) is 8.44. The fourth-order valence-corrected chi connectivity index (χ4v) is 6.53. The lowest BCUT2D eigenvalue weighted by Gasteiger charge is -2.31. The van der Waals surface area contributed by atoms with Crippen molar-refractivity contribution in [3.8, 4) is 0 Å². The number of aromatic nitrogens is 1. The van der Waals surface area contributed by atoms with Crippen molar-refractivity contribution in [2.45, 2.75) is 88.8 Å². The van der Waals surface area contributed by atoms with Crippen molar-refractivity contribution in [1.82, 2.24) is 9.29 Å². The van der Waals surface area contributed by atoms with Crippen LogP contribution in [0.25, 0.3) is 0 Å². The van der Waals surface area contributed by atoms with Gasteiger partial charge in [-0.15, -0.1) is 0 Å². The molecule has 1 saturated heterocycles. The van der Waals surface area contributed by atoms with Crippen LogP contribution in [0.4, 0.5) is 10.6 Å². The van der Waals surface area contributed by atoms with Gasteiger partial charge in [0.1, 0.15) is 11.4 Å². The molecule has 1 saturated carbocycles. The van der Waals surface area contributed by atoms with Gasteiger partial charge < -0.3 is 4.74 Å². The van der Waals surface area contributed by atoms with Gasteiger partial charge in [0.25, 0.3) is 0 Å². The normalized spacial score (nSPS) is 19.9. The quantitative estimate of drug-likeness (QED) is 0.551. The van der Waals surface area contributed by atoms with Crippen LogP contribution in [0.2, 0.25) is 0 Å². The second-order valence-electron chi connectivity index (χ2n) is 10.3. The Morgan fingerprint density at radius 3 is 2.29 bits per heavy atom. The maximum Gasteiger partial charge on any atom is 0.416 e. The third kappa shape index (κ3) is 5.28. The Morgan fingerprint density at radius 2 is 1.71 bits per heavy atom. The maximum atomic E-state index is 13.3. The number of benzene rings is 1. The zero-order valence-electron chi connectivity index (χ0n) is 20.5.